The average molecular weight is 303 g/mol. The molecule has 1 amide bonds. The largest absolute Gasteiger partial charge is 0.321 e. The van der Waals surface area contributed by atoms with Gasteiger partial charge in [0.1, 0.15) is 0 Å². The Morgan fingerprint density at radius 1 is 1.48 bits per heavy atom. The molecule has 0 aliphatic carbocycles. The zero-order valence-electron chi connectivity index (χ0n) is 12.0. The number of thiazole rings is 1. The third kappa shape index (κ3) is 4.39. The van der Waals surface area contributed by atoms with Gasteiger partial charge in [0.2, 0.25) is 5.91 Å². The van der Waals surface area contributed by atoms with Crippen LogP contribution in [0.4, 0.5) is 5.69 Å². The molecule has 0 saturated heterocycles. The Labute approximate surface area is 127 Å². The van der Waals surface area contributed by atoms with Crippen molar-refractivity contribution >= 4 is 29.0 Å². The Morgan fingerprint density at radius 2 is 2.29 bits per heavy atom. The van der Waals surface area contributed by atoms with Crippen LogP contribution in [0, 0.1) is 6.92 Å². The normalized spacial score (nSPS) is 11.0. The molecule has 21 heavy (non-hydrogen) atoms. The fraction of sp³-hybridized carbons (Fsp3) is 0.267. The molecule has 0 saturated carbocycles. The summed E-state index contributed by atoms with van der Waals surface area (Å²) in [4.78, 5) is 27.7. The molecule has 0 aliphatic heterocycles. The highest BCUT2D eigenvalue weighted by Crippen LogP contribution is 2.09. The van der Waals surface area contributed by atoms with E-state index in [2.05, 4.69) is 10.3 Å². The van der Waals surface area contributed by atoms with E-state index in [4.69, 9.17) is 0 Å². The smallest absolute Gasteiger partial charge is 0.250 e. The fourth-order valence-corrected chi connectivity index (χ4v) is 2.40. The van der Waals surface area contributed by atoms with Crippen molar-refractivity contribution in [2.24, 2.45) is 0 Å². The number of hydrogen-bond donors (Lipinski definition) is 1. The van der Waals surface area contributed by atoms with Crippen molar-refractivity contribution in [2.45, 2.75) is 26.8 Å². The van der Waals surface area contributed by atoms with Gasteiger partial charge in [-0.25, -0.2) is 4.98 Å². The van der Waals surface area contributed by atoms with Gasteiger partial charge in [0.15, 0.2) is 0 Å². The van der Waals surface area contributed by atoms with Crippen LogP contribution in [0.5, 0.6) is 0 Å². The maximum atomic E-state index is 11.8. The number of nitrogens with zero attached hydrogens (tertiary/aromatic N) is 2. The lowest BCUT2D eigenvalue weighted by Gasteiger charge is -2.07. The summed E-state index contributed by atoms with van der Waals surface area (Å²) in [6, 6.07) is 3.06. The van der Waals surface area contributed by atoms with E-state index in [0.29, 0.717) is 12.2 Å². The van der Waals surface area contributed by atoms with Gasteiger partial charge in [-0.2, -0.15) is 0 Å². The minimum Gasteiger partial charge on any atom is -0.321 e. The number of amides is 1. The van der Waals surface area contributed by atoms with Gasteiger partial charge in [-0.1, -0.05) is 6.92 Å². The van der Waals surface area contributed by atoms with Gasteiger partial charge in [0.25, 0.3) is 5.56 Å². The quantitative estimate of drug-likeness (QED) is 0.864. The summed E-state index contributed by atoms with van der Waals surface area (Å²) in [5.74, 6) is -0.248. The molecule has 0 fully saturated rings. The molecule has 110 valence electrons. The van der Waals surface area contributed by atoms with Crippen molar-refractivity contribution in [3.63, 3.8) is 0 Å². The standard InChI is InChI=1S/C15H17N3O2S/c1-3-8-18-9-12(5-7-15(18)20)17-14(19)6-4-13-10-21-11(2)16-13/h4-7,9-10H,3,8H2,1-2H3,(H,17,19)/b6-4-. The summed E-state index contributed by atoms with van der Waals surface area (Å²) in [6.07, 6.45) is 5.62. The monoisotopic (exact) mass is 303 g/mol. The number of hydrogen-bond acceptors (Lipinski definition) is 4. The van der Waals surface area contributed by atoms with E-state index in [1.54, 1.807) is 22.9 Å². The fourth-order valence-electron chi connectivity index (χ4n) is 1.82. The molecule has 1 N–H and O–H groups in total. The molecule has 0 bridgehead atoms. The number of aromatic nitrogens is 2. The van der Waals surface area contributed by atoms with E-state index >= 15 is 0 Å². The van der Waals surface area contributed by atoms with Crippen molar-refractivity contribution in [3.05, 3.63) is 50.8 Å². The summed E-state index contributed by atoms with van der Waals surface area (Å²) < 4.78 is 1.59. The molecule has 6 heteroatoms. The predicted octanol–water partition coefficient (Wildman–Crippen LogP) is 2.68. The lowest BCUT2D eigenvalue weighted by Crippen LogP contribution is -2.19. The second kappa shape index (κ2) is 6.99. The lowest BCUT2D eigenvalue weighted by atomic mass is 10.3. The number of pyridine rings is 1. The predicted molar refractivity (Wildman–Crippen MR) is 85.5 cm³/mol. The molecule has 0 radical (unpaired) electrons. The number of carbonyl (C=O) groups excluding carboxylic acids is 1. The van der Waals surface area contributed by atoms with E-state index in [-0.39, 0.29) is 11.5 Å². The molecular formula is C15H17N3O2S. The van der Waals surface area contributed by atoms with Crippen LogP contribution in [0.1, 0.15) is 24.0 Å². The molecule has 5 nitrogen and oxygen atoms in total. The Hall–Kier alpha value is -2.21. The van der Waals surface area contributed by atoms with Crippen LogP contribution >= 0.6 is 11.3 Å². The first kappa shape index (κ1) is 15.2. The van der Waals surface area contributed by atoms with Crippen molar-refractivity contribution < 1.29 is 4.79 Å². The van der Waals surface area contributed by atoms with Crippen molar-refractivity contribution in [1.29, 1.82) is 0 Å². The third-order valence-corrected chi connectivity index (χ3v) is 3.55. The second-order valence-electron chi connectivity index (χ2n) is 4.56. The van der Waals surface area contributed by atoms with E-state index in [0.717, 1.165) is 17.1 Å². The number of rotatable bonds is 5. The van der Waals surface area contributed by atoms with Crippen LogP contribution in [0.3, 0.4) is 0 Å². The van der Waals surface area contributed by atoms with E-state index in [1.807, 2.05) is 19.2 Å². The molecule has 0 unspecified atom stereocenters. The topological polar surface area (TPSA) is 64.0 Å². The van der Waals surface area contributed by atoms with Gasteiger partial charge in [-0.3, -0.25) is 9.59 Å². The third-order valence-electron chi connectivity index (χ3n) is 2.76. The van der Waals surface area contributed by atoms with Crippen LogP contribution in [0.15, 0.2) is 34.6 Å². The minimum atomic E-state index is -0.248. The summed E-state index contributed by atoms with van der Waals surface area (Å²) >= 11 is 1.54. The van der Waals surface area contributed by atoms with Crippen molar-refractivity contribution in [1.82, 2.24) is 9.55 Å². The van der Waals surface area contributed by atoms with Crippen LogP contribution in [0.2, 0.25) is 0 Å². The van der Waals surface area contributed by atoms with Gasteiger partial charge in [0.05, 0.1) is 16.4 Å². The van der Waals surface area contributed by atoms with E-state index in [1.165, 1.54) is 23.5 Å². The maximum Gasteiger partial charge on any atom is 0.250 e. The first-order chi connectivity index (χ1) is 10.1. The van der Waals surface area contributed by atoms with Crippen LogP contribution in [-0.4, -0.2) is 15.5 Å². The number of aryl methyl sites for hydroxylation is 2. The lowest BCUT2D eigenvalue weighted by molar-refractivity contribution is -0.111. The Bertz CT molecular complexity index is 716. The number of anilines is 1. The molecule has 2 aromatic heterocycles. The molecule has 0 aliphatic rings. The molecule has 0 atom stereocenters. The molecular weight excluding hydrogens is 286 g/mol. The zero-order chi connectivity index (χ0) is 15.2. The van der Waals surface area contributed by atoms with Crippen LogP contribution < -0.4 is 10.9 Å². The number of nitrogens with one attached hydrogen (secondary N) is 1. The highest BCUT2D eigenvalue weighted by Gasteiger charge is 2.01. The zero-order valence-corrected chi connectivity index (χ0v) is 12.8. The maximum absolute atomic E-state index is 11.8. The number of carbonyl (C=O) groups is 1. The Morgan fingerprint density at radius 3 is 2.95 bits per heavy atom. The average Bonchev–Trinajstić information content (AvgIpc) is 2.86. The SMILES string of the molecule is CCCn1cc(NC(=O)/C=C\c2csc(C)n2)ccc1=O. The first-order valence-electron chi connectivity index (χ1n) is 6.70. The first-order valence-corrected chi connectivity index (χ1v) is 7.58. The Kier molecular flexibility index (Phi) is 5.05. The van der Waals surface area contributed by atoms with Gasteiger partial charge in [-0.05, 0) is 25.5 Å². The van der Waals surface area contributed by atoms with Gasteiger partial charge in [0, 0.05) is 30.3 Å². The molecule has 2 heterocycles. The minimum absolute atomic E-state index is 0.0664. The second-order valence-corrected chi connectivity index (χ2v) is 5.63. The van der Waals surface area contributed by atoms with Crippen molar-refractivity contribution in [2.75, 3.05) is 5.32 Å². The van der Waals surface area contributed by atoms with Crippen molar-refractivity contribution in [3.8, 4) is 0 Å². The van der Waals surface area contributed by atoms with Gasteiger partial charge < -0.3 is 9.88 Å². The highest BCUT2D eigenvalue weighted by atomic mass is 32.1. The summed E-state index contributed by atoms with van der Waals surface area (Å²) in [5, 5.41) is 5.58. The van der Waals surface area contributed by atoms with Gasteiger partial charge >= 0.3 is 0 Å². The summed E-state index contributed by atoms with van der Waals surface area (Å²) in [5.41, 5.74) is 1.30. The molecule has 2 rings (SSSR count). The highest BCUT2D eigenvalue weighted by molar-refractivity contribution is 7.09. The van der Waals surface area contributed by atoms with Crippen LogP contribution in [0.25, 0.3) is 6.08 Å². The van der Waals surface area contributed by atoms with E-state index in [9.17, 15) is 9.59 Å². The summed E-state index contributed by atoms with van der Waals surface area (Å²) in [7, 11) is 0. The van der Waals surface area contributed by atoms with Crippen LogP contribution in [-0.2, 0) is 11.3 Å². The molecule has 0 spiro atoms. The van der Waals surface area contributed by atoms with Gasteiger partial charge in [-0.15, -0.1) is 11.3 Å². The summed E-state index contributed by atoms with van der Waals surface area (Å²) in [6.45, 7) is 4.55. The molecule has 0 aromatic carbocycles. The molecule has 2 aromatic rings. The Balaban J connectivity index is 2.04. The van der Waals surface area contributed by atoms with E-state index < -0.39 is 0 Å².